The molecule has 0 radical (unpaired) electrons. The van der Waals surface area contributed by atoms with E-state index < -0.39 is 5.97 Å². The molecular formula is C21H27NO3. The molecule has 3 rings (SSSR count). The number of benzene rings is 1. The summed E-state index contributed by atoms with van der Waals surface area (Å²) in [5.74, 6) is -0.689. The highest BCUT2D eigenvalue weighted by atomic mass is 16.5. The zero-order valence-corrected chi connectivity index (χ0v) is 15.0. The molecule has 4 heteroatoms. The van der Waals surface area contributed by atoms with Crippen LogP contribution in [0.4, 0.5) is 0 Å². The molecule has 1 aromatic rings. The first kappa shape index (κ1) is 17.7. The Hall–Kier alpha value is -2.10. The van der Waals surface area contributed by atoms with Crippen LogP contribution in [0.3, 0.4) is 0 Å². The number of nitrogens with zero attached hydrogens (tertiary/aromatic N) is 1. The maximum absolute atomic E-state index is 13.1. The van der Waals surface area contributed by atoms with Gasteiger partial charge >= 0.3 is 5.97 Å². The van der Waals surface area contributed by atoms with Crippen molar-refractivity contribution >= 4 is 11.8 Å². The molecular weight excluding hydrogens is 314 g/mol. The van der Waals surface area contributed by atoms with Crippen molar-refractivity contribution in [2.75, 3.05) is 13.2 Å². The minimum absolute atomic E-state index is 0.211. The summed E-state index contributed by atoms with van der Waals surface area (Å²) < 4.78 is 5.25. The first-order valence-corrected chi connectivity index (χ1v) is 9.49. The molecule has 1 aromatic carbocycles. The number of hydrogen-bond acceptors (Lipinski definition) is 4. The van der Waals surface area contributed by atoms with Gasteiger partial charge in [-0.1, -0.05) is 49.6 Å². The third kappa shape index (κ3) is 3.94. The fraction of sp³-hybridized carbons (Fsp3) is 0.524. The van der Waals surface area contributed by atoms with Crippen molar-refractivity contribution in [1.82, 2.24) is 4.90 Å². The fourth-order valence-corrected chi connectivity index (χ4v) is 4.04. The maximum Gasteiger partial charge on any atom is 0.343 e. The van der Waals surface area contributed by atoms with Crippen molar-refractivity contribution in [3.63, 3.8) is 0 Å². The Kier molecular flexibility index (Phi) is 5.90. The molecule has 0 spiro atoms. The number of ether oxygens (including phenoxy) is 1. The van der Waals surface area contributed by atoms with Crippen molar-refractivity contribution in [3.8, 4) is 0 Å². The molecule has 0 bridgehead atoms. The standard InChI is InChI=1S/C21H27NO3/c1-2-25-21(24)19(20(23)16-10-5-3-6-11-16)18-14-9-15-22(18)17-12-7-4-8-13-17/h3,5-6,10-11,17H,2,4,7-9,12-15H2,1H3/b19-18+. The zero-order chi connectivity index (χ0) is 17.6. The highest BCUT2D eigenvalue weighted by Crippen LogP contribution is 2.34. The highest BCUT2D eigenvalue weighted by Gasteiger charge is 2.34. The van der Waals surface area contributed by atoms with Gasteiger partial charge < -0.3 is 9.64 Å². The Morgan fingerprint density at radius 3 is 2.48 bits per heavy atom. The van der Waals surface area contributed by atoms with Crippen LogP contribution in [-0.2, 0) is 9.53 Å². The normalized spacial score (nSPS) is 20.4. The largest absolute Gasteiger partial charge is 0.462 e. The van der Waals surface area contributed by atoms with Crippen molar-refractivity contribution in [2.24, 2.45) is 0 Å². The number of rotatable bonds is 5. The van der Waals surface area contributed by atoms with Gasteiger partial charge in [-0.25, -0.2) is 4.79 Å². The Labute approximate surface area is 149 Å². The van der Waals surface area contributed by atoms with E-state index in [2.05, 4.69) is 4.90 Å². The van der Waals surface area contributed by atoms with Crippen molar-refractivity contribution in [3.05, 3.63) is 47.2 Å². The van der Waals surface area contributed by atoms with Gasteiger partial charge in [0.1, 0.15) is 5.57 Å². The lowest BCUT2D eigenvalue weighted by atomic mass is 9.93. The predicted molar refractivity (Wildman–Crippen MR) is 97.2 cm³/mol. The van der Waals surface area contributed by atoms with E-state index in [4.69, 9.17) is 4.74 Å². The first-order valence-electron chi connectivity index (χ1n) is 9.49. The fourth-order valence-electron chi connectivity index (χ4n) is 4.04. The van der Waals surface area contributed by atoms with Crippen molar-refractivity contribution < 1.29 is 14.3 Å². The molecule has 0 atom stereocenters. The van der Waals surface area contributed by atoms with Gasteiger partial charge in [0, 0.05) is 23.8 Å². The number of carbonyl (C=O) groups excluding carboxylic acids is 2. The van der Waals surface area contributed by atoms with E-state index >= 15 is 0 Å². The molecule has 25 heavy (non-hydrogen) atoms. The minimum atomic E-state index is -0.478. The molecule has 0 unspecified atom stereocenters. The number of esters is 1. The Morgan fingerprint density at radius 1 is 1.08 bits per heavy atom. The van der Waals surface area contributed by atoms with Gasteiger partial charge in [-0.15, -0.1) is 0 Å². The van der Waals surface area contributed by atoms with Gasteiger partial charge in [-0.2, -0.15) is 0 Å². The molecule has 2 aliphatic rings. The molecule has 1 saturated heterocycles. The number of allylic oxidation sites excluding steroid dienone is 1. The topological polar surface area (TPSA) is 46.6 Å². The van der Waals surface area contributed by atoms with Gasteiger partial charge in [0.2, 0.25) is 5.78 Å². The van der Waals surface area contributed by atoms with Crippen LogP contribution in [0.1, 0.15) is 62.2 Å². The summed E-state index contributed by atoms with van der Waals surface area (Å²) in [6.45, 7) is 2.99. The first-order chi connectivity index (χ1) is 12.2. The Morgan fingerprint density at radius 2 is 1.80 bits per heavy atom. The zero-order valence-electron chi connectivity index (χ0n) is 15.0. The Balaban J connectivity index is 1.98. The minimum Gasteiger partial charge on any atom is -0.462 e. The lowest BCUT2D eigenvalue weighted by Crippen LogP contribution is -2.35. The highest BCUT2D eigenvalue weighted by molar-refractivity contribution is 6.24. The summed E-state index contributed by atoms with van der Waals surface area (Å²) in [5, 5.41) is 0. The molecule has 2 fully saturated rings. The van der Waals surface area contributed by atoms with Crippen LogP contribution in [0.2, 0.25) is 0 Å². The number of likely N-dealkylation sites (tertiary alicyclic amines) is 1. The second-order valence-electron chi connectivity index (χ2n) is 6.83. The smallest absolute Gasteiger partial charge is 0.343 e. The summed E-state index contributed by atoms with van der Waals surface area (Å²) in [5.41, 5.74) is 1.70. The lowest BCUT2D eigenvalue weighted by molar-refractivity contribution is -0.138. The molecule has 0 aromatic heterocycles. The molecule has 0 N–H and O–H groups in total. The Bertz CT molecular complexity index is 644. The van der Waals surface area contributed by atoms with E-state index in [1.165, 1.54) is 19.3 Å². The molecule has 0 amide bonds. The van der Waals surface area contributed by atoms with Crippen LogP contribution < -0.4 is 0 Å². The van der Waals surface area contributed by atoms with Crippen LogP contribution in [0, 0.1) is 0 Å². The van der Waals surface area contributed by atoms with Crippen molar-refractivity contribution in [1.29, 1.82) is 0 Å². The average Bonchev–Trinajstić information content (AvgIpc) is 3.13. The number of Topliss-reactive ketones (excluding diaryl/α,β-unsaturated/α-hetero) is 1. The summed E-state index contributed by atoms with van der Waals surface area (Å²) in [4.78, 5) is 28.1. The molecule has 1 aliphatic carbocycles. The molecule has 1 saturated carbocycles. The van der Waals surface area contributed by atoms with Crippen LogP contribution in [-0.4, -0.2) is 35.8 Å². The third-order valence-electron chi connectivity index (χ3n) is 5.21. The summed E-state index contributed by atoms with van der Waals surface area (Å²) in [6.07, 6.45) is 7.83. The maximum atomic E-state index is 13.1. The lowest BCUT2D eigenvalue weighted by Gasteiger charge is -2.34. The van der Waals surface area contributed by atoms with Crippen LogP contribution in [0.25, 0.3) is 0 Å². The SMILES string of the molecule is CCOC(=O)/C(C(=O)c1ccccc1)=C1\CCCN1C1CCCCC1. The van der Waals surface area contributed by atoms with E-state index in [1.807, 2.05) is 18.2 Å². The van der Waals surface area contributed by atoms with Gasteiger partial charge in [-0.3, -0.25) is 4.79 Å². The third-order valence-corrected chi connectivity index (χ3v) is 5.21. The predicted octanol–water partition coefficient (Wildman–Crippen LogP) is 4.12. The number of hydrogen-bond donors (Lipinski definition) is 0. The van der Waals surface area contributed by atoms with E-state index in [0.717, 1.165) is 37.9 Å². The molecule has 1 heterocycles. The second-order valence-corrected chi connectivity index (χ2v) is 6.83. The number of carbonyl (C=O) groups is 2. The van der Waals surface area contributed by atoms with E-state index in [9.17, 15) is 9.59 Å². The van der Waals surface area contributed by atoms with Gasteiger partial charge in [-0.05, 0) is 32.6 Å². The second kappa shape index (κ2) is 8.32. The van der Waals surface area contributed by atoms with Gasteiger partial charge in [0.25, 0.3) is 0 Å². The molecule has 1 aliphatic heterocycles. The average molecular weight is 341 g/mol. The van der Waals surface area contributed by atoms with Gasteiger partial charge in [0.15, 0.2) is 0 Å². The monoisotopic (exact) mass is 341 g/mol. The van der Waals surface area contributed by atoms with Crippen molar-refractivity contribution in [2.45, 2.75) is 57.9 Å². The van der Waals surface area contributed by atoms with Crippen LogP contribution in [0.5, 0.6) is 0 Å². The molecule has 134 valence electrons. The molecule has 4 nitrogen and oxygen atoms in total. The summed E-state index contributed by atoms with van der Waals surface area (Å²) in [7, 11) is 0. The van der Waals surface area contributed by atoms with E-state index in [0.29, 0.717) is 11.6 Å². The summed E-state index contributed by atoms with van der Waals surface area (Å²) in [6, 6.07) is 9.52. The summed E-state index contributed by atoms with van der Waals surface area (Å²) >= 11 is 0. The van der Waals surface area contributed by atoms with Crippen LogP contribution in [0.15, 0.2) is 41.6 Å². The van der Waals surface area contributed by atoms with E-state index in [-0.39, 0.29) is 18.0 Å². The van der Waals surface area contributed by atoms with E-state index in [1.54, 1.807) is 19.1 Å². The van der Waals surface area contributed by atoms with Gasteiger partial charge in [0.05, 0.1) is 6.61 Å². The number of ketones is 1. The quantitative estimate of drug-likeness (QED) is 0.266. The van der Waals surface area contributed by atoms with Crippen LogP contribution >= 0.6 is 0 Å².